The van der Waals surface area contributed by atoms with E-state index in [4.69, 9.17) is 14.4 Å². The van der Waals surface area contributed by atoms with Crippen molar-refractivity contribution in [2.24, 2.45) is 0 Å². The lowest BCUT2D eigenvalue weighted by Gasteiger charge is -2.08. The number of rotatable bonds is 6. The molecule has 21 heavy (non-hydrogen) atoms. The van der Waals surface area contributed by atoms with Crippen LogP contribution in [-0.2, 0) is 17.8 Å². The van der Waals surface area contributed by atoms with Gasteiger partial charge in [0.25, 0.3) is 5.89 Å². The minimum absolute atomic E-state index is 0.0637. The number of aliphatic carboxylic acids is 1. The Balaban J connectivity index is 2.16. The van der Waals surface area contributed by atoms with Crippen LogP contribution in [0.1, 0.15) is 24.2 Å². The highest BCUT2D eigenvalue weighted by molar-refractivity contribution is 5.85. The average Bonchev–Trinajstić information content (AvgIpc) is 2.92. The van der Waals surface area contributed by atoms with Crippen molar-refractivity contribution in [1.82, 2.24) is 10.1 Å². The zero-order valence-corrected chi connectivity index (χ0v) is 11.2. The molecule has 1 N–H and O–H groups in total. The van der Waals surface area contributed by atoms with E-state index in [1.165, 1.54) is 18.2 Å². The second kappa shape index (κ2) is 6.65. The Morgan fingerprint density at radius 3 is 3.00 bits per heavy atom. The van der Waals surface area contributed by atoms with E-state index in [9.17, 15) is 9.18 Å². The maximum absolute atomic E-state index is 13.8. The van der Waals surface area contributed by atoms with E-state index >= 15 is 0 Å². The molecular weight excluding hydrogens is 279 g/mol. The van der Waals surface area contributed by atoms with Crippen LogP contribution < -0.4 is 4.74 Å². The molecule has 0 aliphatic carbocycles. The maximum atomic E-state index is 13.8. The van der Waals surface area contributed by atoms with Crippen LogP contribution >= 0.6 is 0 Å². The first kappa shape index (κ1) is 14.7. The van der Waals surface area contributed by atoms with Gasteiger partial charge in [-0.3, -0.25) is 0 Å². The summed E-state index contributed by atoms with van der Waals surface area (Å²) < 4.78 is 24.0. The Morgan fingerprint density at radius 1 is 1.52 bits per heavy atom. The number of nitrogens with zero attached hydrogens (tertiary/aromatic N) is 2. The van der Waals surface area contributed by atoms with Crippen LogP contribution in [0.4, 0.5) is 4.39 Å². The molecule has 1 heterocycles. The zero-order valence-electron chi connectivity index (χ0n) is 11.2. The molecule has 0 aliphatic rings. The smallest absolute Gasteiger partial charge is 0.328 e. The number of benzene rings is 1. The van der Waals surface area contributed by atoms with Gasteiger partial charge in [-0.05, 0) is 12.1 Å². The third-order valence-electron chi connectivity index (χ3n) is 2.57. The number of hydrogen-bond acceptors (Lipinski definition) is 5. The van der Waals surface area contributed by atoms with E-state index in [0.29, 0.717) is 17.8 Å². The lowest BCUT2D eigenvalue weighted by molar-refractivity contribution is -0.131. The third kappa shape index (κ3) is 3.88. The van der Waals surface area contributed by atoms with Gasteiger partial charge in [0.05, 0.1) is 0 Å². The molecule has 0 saturated heterocycles. The Labute approximate surface area is 119 Å². The standard InChI is InChI=1S/C14H13FN2O4/c1-2-11-16-12(21-17-11)8-20-14-9(6-7-13(18)19)4-3-5-10(14)15/h3-7H,2,8H2,1H3,(H,18,19)/b7-6+. The topological polar surface area (TPSA) is 85.5 Å². The molecule has 110 valence electrons. The first-order chi connectivity index (χ1) is 10.1. The Bertz CT molecular complexity index is 667. The van der Waals surface area contributed by atoms with Crippen LogP contribution in [0.25, 0.3) is 6.08 Å². The molecule has 2 aromatic rings. The van der Waals surface area contributed by atoms with Gasteiger partial charge in [0, 0.05) is 18.1 Å². The van der Waals surface area contributed by atoms with Crippen LogP contribution in [0.5, 0.6) is 5.75 Å². The number of carboxylic acids is 1. The number of carboxylic acid groups (broad SMARTS) is 1. The Hall–Kier alpha value is -2.70. The fraction of sp³-hybridized carbons (Fsp3) is 0.214. The highest BCUT2D eigenvalue weighted by Crippen LogP contribution is 2.24. The van der Waals surface area contributed by atoms with Gasteiger partial charge in [-0.15, -0.1) is 0 Å². The molecule has 0 unspecified atom stereocenters. The molecule has 0 spiro atoms. The summed E-state index contributed by atoms with van der Waals surface area (Å²) in [6, 6.07) is 4.23. The predicted octanol–water partition coefficient (Wildman–Crippen LogP) is 2.45. The number of aryl methyl sites for hydroxylation is 1. The molecular formula is C14H13FN2O4. The van der Waals surface area contributed by atoms with Crippen molar-refractivity contribution < 1.29 is 23.6 Å². The third-order valence-corrected chi connectivity index (χ3v) is 2.57. The van der Waals surface area contributed by atoms with Gasteiger partial charge in [-0.2, -0.15) is 4.98 Å². The van der Waals surface area contributed by atoms with Crippen LogP contribution in [0, 0.1) is 5.82 Å². The fourth-order valence-electron chi connectivity index (χ4n) is 1.60. The van der Waals surface area contributed by atoms with Gasteiger partial charge in [0.1, 0.15) is 0 Å². The van der Waals surface area contributed by atoms with Crippen LogP contribution in [0.3, 0.4) is 0 Å². The lowest BCUT2D eigenvalue weighted by atomic mass is 10.2. The van der Waals surface area contributed by atoms with Gasteiger partial charge >= 0.3 is 5.97 Å². The van der Waals surface area contributed by atoms with Gasteiger partial charge in [0.2, 0.25) is 0 Å². The number of aromatic nitrogens is 2. The molecule has 0 radical (unpaired) electrons. The summed E-state index contributed by atoms with van der Waals surface area (Å²) in [6.07, 6.45) is 2.78. The van der Waals surface area contributed by atoms with Crippen molar-refractivity contribution in [1.29, 1.82) is 0 Å². The van der Waals surface area contributed by atoms with Crippen molar-refractivity contribution in [3.8, 4) is 5.75 Å². The number of hydrogen-bond donors (Lipinski definition) is 1. The van der Waals surface area contributed by atoms with Crippen molar-refractivity contribution >= 4 is 12.0 Å². The van der Waals surface area contributed by atoms with E-state index in [-0.39, 0.29) is 18.2 Å². The molecule has 0 amide bonds. The number of carbonyl (C=O) groups is 1. The van der Waals surface area contributed by atoms with Crippen LogP contribution in [-0.4, -0.2) is 21.2 Å². The van der Waals surface area contributed by atoms with E-state index < -0.39 is 11.8 Å². The van der Waals surface area contributed by atoms with E-state index in [2.05, 4.69) is 10.1 Å². The molecule has 0 aliphatic heterocycles. The SMILES string of the molecule is CCc1noc(COc2c(F)cccc2/C=C/C(=O)O)n1. The number of halogens is 1. The number of ether oxygens (including phenoxy) is 1. The monoisotopic (exact) mass is 292 g/mol. The van der Waals surface area contributed by atoms with Crippen molar-refractivity contribution in [3.05, 3.63) is 47.4 Å². The predicted molar refractivity (Wildman–Crippen MR) is 71.1 cm³/mol. The van der Waals surface area contributed by atoms with Crippen molar-refractivity contribution in [2.75, 3.05) is 0 Å². The largest absolute Gasteiger partial charge is 0.480 e. The van der Waals surface area contributed by atoms with E-state index in [1.807, 2.05) is 6.92 Å². The first-order valence-electron chi connectivity index (χ1n) is 6.24. The summed E-state index contributed by atoms with van der Waals surface area (Å²) in [7, 11) is 0. The highest BCUT2D eigenvalue weighted by Gasteiger charge is 2.11. The quantitative estimate of drug-likeness (QED) is 0.823. The van der Waals surface area contributed by atoms with Crippen molar-refractivity contribution in [3.63, 3.8) is 0 Å². The summed E-state index contributed by atoms with van der Waals surface area (Å²) in [4.78, 5) is 14.6. The Morgan fingerprint density at radius 2 is 2.33 bits per heavy atom. The summed E-state index contributed by atoms with van der Waals surface area (Å²) in [5.74, 6) is -1.03. The second-order valence-corrected chi connectivity index (χ2v) is 4.08. The fourth-order valence-corrected chi connectivity index (χ4v) is 1.60. The molecule has 6 nitrogen and oxygen atoms in total. The lowest BCUT2D eigenvalue weighted by Crippen LogP contribution is -2.00. The Kier molecular flexibility index (Phi) is 4.65. The minimum Gasteiger partial charge on any atom is -0.480 e. The minimum atomic E-state index is -1.13. The first-order valence-corrected chi connectivity index (χ1v) is 6.24. The average molecular weight is 292 g/mol. The molecule has 7 heteroatoms. The van der Waals surface area contributed by atoms with Crippen LogP contribution in [0.15, 0.2) is 28.8 Å². The molecule has 2 rings (SSSR count). The molecule has 0 saturated carbocycles. The highest BCUT2D eigenvalue weighted by atomic mass is 19.1. The van der Waals surface area contributed by atoms with E-state index in [1.54, 1.807) is 6.07 Å². The van der Waals surface area contributed by atoms with E-state index in [0.717, 1.165) is 6.08 Å². The summed E-state index contributed by atoms with van der Waals surface area (Å²) >= 11 is 0. The zero-order chi connectivity index (χ0) is 15.2. The molecule has 0 bridgehead atoms. The summed E-state index contributed by atoms with van der Waals surface area (Å²) in [6.45, 7) is 1.78. The second-order valence-electron chi connectivity index (χ2n) is 4.08. The van der Waals surface area contributed by atoms with Crippen LogP contribution in [0.2, 0.25) is 0 Å². The normalized spacial score (nSPS) is 11.0. The molecule has 1 aromatic carbocycles. The maximum Gasteiger partial charge on any atom is 0.328 e. The molecule has 1 aromatic heterocycles. The number of para-hydroxylation sites is 1. The van der Waals surface area contributed by atoms with Gasteiger partial charge in [0.15, 0.2) is 24.0 Å². The van der Waals surface area contributed by atoms with Gasteiger partial charge in [-0.1, -0.05) is 24.2 Å². The summed E-state index contributed by atoms with van der Waals surface area (Å²) in [5.41, 5.74) is 0.313. The van der Waals surface area contributed by atoms with Gasteiger partial charge in [-0.25, -0.2) is 9.18 Å². The summed E-state index contributed by atoms with van der Waals surface area (Å²) in [5, 5.41) is 12.3. The van der Waals surface area contributed by atoms with Crippen molar-refractivity contribution in [2.45, 2.75) is 20.0 Å². The molecule has 0 fully saturated rings. The van der Waals surface area contributed by atoms with Gasteiger partial charge < -0.3 is 14.4 Å². The molecule has 0 atom stereocenters.